The van der Waals surface area contributed by atoms with E-state index in [9.17, 15) is 9.59 Å². The third-order valence-electron chi connectivity index (χ3n) is 2.60. The second kappa shape index (κ2) is 7.64. The van der Waals surface area contributed by atoms with E-state index in [1.165, 1.54) is 0 Å². The lowest BCUT2D eigenvalue weighted by Crippen LogP contribution is -2.42. The standard InChI is InChI=1S/C15H24N4O2/c1-15(2,3)19-13(20)8-9-17-14(21)18-12-6-4-11(10-16)5-7-12/h4-7H,8-10,16H2,1-3H3,(H,19,20)(H2,17,18,21). The van der Waals surface area contributed by atoms with Gasteiger partial charge in [-0.25, -0.2) is 4.79 Å². The van der Waals surface area contributed by atoms with Crippen molar-refractivity contribution in [1.29, 1.82) is 0 Å². The van der Waals surface area contributed by atoms with Crippen molar-refractivity contribution in [1.82, 2.24) is 10.6 Å². The first kappa shape index (κ1) is 17.0. The van der Waals surface area contributed by atoms with Crippen LogP contribution in [-0.2, 0) is 11.3 Å². The van der Waals surface area contributed by atoms with Gasteiger partial charge in [-0.15, -0.1) is 0 Å². The Balaban J connectivity index is 2.29. The molecule has 1 rings (SSSR count). The maximum atomic E-state index is 11.7. The normalized spacial score (nSPS) is 10.9. The molecule has 0 spiro atoms. The van der Waals surface area contributed by atoms with Crippen molar-refractivity contribution in [2.45, 2.75) is 39.3 Å². The summed E-state index contributed by atoms with van der Waals surface area (Å²) in [6.07, 6.45) is 0.247. The van der Waals surface area contributed by atoms with Gasteiger partial charge in [0.15, 0.2) is 0 Å². The average Bonchev–Trinajstić information content (AvgIpc) is 2.37. The van der Waals surface area contributed by atoms with E-state index in [1.807, 2.05) is 32.9 Å². The van der Waals surface area contributed by atoms with Gasteiger partial charge in [0, 0.05) is 30.7 Å². The van der Waals surface area contributed by atoms with Crippen LogP contribution >= 0.6 is 0 Å². The lowest BCUT2D eigenvalue weighted by molar-refractivity contribution is -0.122. The molecule has 0 radical (unpaired) electrons. The molecule has 21 heavy (non-hydrogen) atoms. The summed E-state index contributed by atoms with van der Waals surface area (Å²) < 4.78 is 0. The van der Waals surface area contributed by atoms with Crippen LogP contribution in [0.25, 0.3) is 0 Å². The minimum Gasteiger partial charge on any atom is -0.351 e. The Morgan fingerprint density at radius 3 is 2.29 bits per heavy atom. The molecule has 0 atom stereocenters. The largest absolute Gasteiger partial charge is 0.351 e. The van der Waals surface area contributed by atoms with E-state index in [1.54, 1.807) is 12.1 Å². The highest BCUT2D eigenvalue weighted by molar-refractivity contribution is 5.89. The van der Waals surface area contributed by atoms with E-state index < -0.39 is 0 Å². The first-order valence-corrected chi connectivity index (χ1v) is 6.95. The number of nitrogens with two attached hydrogens (primary N) is 1. The molecule has 0 aromatic heterocycles. The van der Waals surface area contributed by atoms with Gasteiger partial charge >= 0.3 is 6.03 Å². The van der Waals surface area contributed by atoms with Crippen LogP contribution in [0.1, 0.15) is 32.8 Å². The molecule has 0 bridgehead atoms. The van der Waals surface area contributed by atoms with Gasteiger partial charge in [-0.05, 0) is 38.5 Å². The quantitative estimate of drug-likeness (QED) is 0.663. The summed E-state index contributed by atoms with van der Waals surface area (Å²) >= 11 is 0. The average molecular weight is 292 g/mol. The van der Waals surface area contributed by atoms with Crippen molar-refractivity contribution < 1.29 is 9.59 Å². The van der Waals surface area contributed by atoms with Gasteiger partial charge in [-0.2, -0.15) is 0 Å². The fraction of sp³-hybridized carbons (Fsp3) is 0.467. The van der Waals surface area contributed by atoms with Crippen molar-refractivity contribution in [2.75, 3.05) is 11.9 Å². The summed E-state index contributed by atoms with van der Waals surface area (Å²) in [6, 6.07) is 6.94. The molecule has 0 aliphatic heterocycles. The molecule has 0 saturated heterocycles. The third-order valence-corrected chi connectivity index (χ3v) is 2.60. The van der Waals surface area contributed by atoms with Crippen LogP contribution in [-0.4, -0.2) is 24.0 Å². The second-order valence-corrected chi connectivity index (χ2v) is 5.83. The molecule has 6 heteroatoms. The van der Waals surface area contributed by atoms with E-state index in [4.69, 9.17) is 5.73 Å². The minimum absolute atomic E-state index is 0.0879. The summed E-state index contributed by atoms with van der Waals surface area (Å²) in [4.78, 5) is 23.2. The zero-order valence-corrected chi connectivity index (χ0v) is 12.8. The Morgan fingerprint density at radius 1 is 1.14 bits per heavy atom. The Kier molecular flexibility index (Phi) is 6.17. The number of carbonyl (C=O) groups excluding carboxylic acids is 2. The van der Waals surface area contributed by atoms with Gasteiger partial charge in [0.2, 0.25) is 5.91 Å². The highest BCUT2D eigenvalue weighted by Gasteiger charge is 2.13. The maximum Gasteiger partial charge on any atom is 0.319 e. The summed E-state index contributed by atoms with van der Waals surface area (Å²) in [5.41, 5.74) is 6.93. The molecule has 5 N–H and O–H groups in total. The lowest BCUT2D eigenvalue weighted by atomic mass is 10.1. The highest BCUT2D eigenvalue weighted by Crippen LogP contribution is 2.08. The fourth-order valence-electron chi connectivity index (χ4n) is 1.67. The van der Waals surface area contributed by atoms with E-state index in [2.05, 4.69) is 16.0 Å². The van der Waals surface area contributed by atoms with Gasteiger partial charge in [0.05, 0.1) is 0 Å². The predicted molar refractivity (Wildman–Crippen MR) is 83.9 cm³/mol. The van der Waals surface area contributed by atoms with Crippen LogP contribution < -0.4 is 21.7 Å². The number of carbonyl (C=O) groups is 2. The zero-order valence-electron chi connectivity index (χ0n) is 12.8. The summed E-state index contributed by atoms with van der Waals surface area (Å²) in [7, 11) is 0. The number of amides is 3. The van der Waals surface area contributed by atoms with E-state index >= 15 is 0 Å². The SMILES string of the molecule is CC(C)(C)NC(=O)CCNC(=O)Nc1ccc(CN)cc1. The highest BCUT2D eigenvalue weighted by atomic mass is 16.2. The predicted octanol–water partition coefficient (Wildman–Crippen LogP) is 1.57. The summed E-state index contributed by atoms with van der Waals surface area (Å²) in [5.74, 6) is -0.0879. The number of hydrogen-bond donors (Lipinski definition) is 4. The first-order chi connectivity index (χ1) is 9.80. The van der Waals surface area contributed by atoms with E-state index in [0.29, 0.717) is 12.2 Å². The zero-order chi connectivity index (χ0) is 15.9. The van der Waals surface area contributed by atoms with Crippen molar-refractivity contribution in [3.8, 4) is 0 Å². The number of hydrogen-bond acceptors (Lipinski definition) is 3. The van der Waals surface area contributed by atoms with Crippen molar-refractivity contribution in [2.24, 2.45) is 5.73 Å². The third kappa shape index (κ3) is 7.31. The summed E-state index contributed by atoms with van der Waals surface area (Å²) in [6.45, 7) is 6.49. The van der Waals surface area contributed by atoms with Gasteiger partial charge in [-0.3, -0.25) is 4.79 Å². The second-order valence-electron chi connectivity index (χ2n) is 5.83. The number of nitrogens with one attached hydrogen (secondary N) is 3. The molecule has 1 aromatic carbocycles. The number of anilines is 1. The van der Waals surface area contributed by atoms with Crippen molar-refractivity contribution >= 4 is 17.6 Å². The minimum atomic E-state index is -0.334. The van der Waals surface area contributed by atoms with Crippen molar-refractivity contribution in [3.05, 3.63) is 29.8 Å². The number of benzene rings is 1. The lowest BCUT2D eigenvalue weighted by Gasteiger charge is -2.20. The Bertz CT molecular complexity index is 477. The number of rotatable bonds is 5. The molecule has 1 aromatic rings. The van der Waals surface area contributed by atoms with Crippen LogP contribution in [0.4, 0.5) is 10.5 Å². The van der Waals surface area contributed by atoms with Crippen molar-refractivity contribution in [3.63, 3.8) is 0 Å². The molecule has 6 nitrogen and oxygen atoms in total. The van der Waals surface area contributed by atoms with E-state index in [-0.39, 0.29) is 30.4 Å². The molecule has 0 fully saturated rings. The summed E-state index contributed by atoms with van der Waals surface area (Å²) in [5, 5.41) is 8.17. The molecule has 0 aliphatic rings. The van der Waals surface area contributed by atoms with Crippen LogP contribution in [0.2, 0.25) is 0 Å². The van der Waals surface area contributed by atoms with Crippen LogP contribution in [0.15, 0.2) is 24.3 Å². The Hall–Kier alpha value is -2.08. The number of urea groups is 1. The molecule has 116 valence electrons. The molecular formula is C15H24N4O2. The monoisotopic (exact) mass is 292 g/mol. The molecular weight excluding hydrogens is 268 g/mol. The van der Waals surface area contributed by atoms with Gasteiger partial charge in [-0.1, -0.05) is 12.1 Å². The molecule has 0 heterocycles. The Labute approximate surface area is 125 Å². The fourth-order valence-corrected chi connectivity index (χ4v) is 1.67. The molecule has 0 aliphatic carbocycles. The van der Waals surface area contributed by atoms with Gasteiger partial charge in [0.1, 0.15) is 0 Å². The molecule has 3 amide bonds. The van der Waals surface area contributed by atoms with Crippen LogP contribution in [0, 0.1) is 0 Å². The van der Waals surface area contributed by atoms with Gasteiger partial charge in [0.25, 0.3) is 0 Å². The maximum absolute atomic E-state index is 11.7. The smallest absolute Gasteiger partial charge is 0.319 e. The molecule has 0 unspecified atom stereocenters. The Morgan fingerprint density at radius 2 is 1.76 bits per heavy atom. The topological polar surface area (TPSA) is 96.2 Å². The van der Waals surface area contributed by atoms with Crippen LogP contribution in [0.3, 0.4) is 0 Å². The van der Waals surface area contributed by atoms with E-state index in [0.717, 1.165) is 5.56 Å². The van der Waals surface area contributed by atoms with Crippen LogP contribution in [0.5, 0.6) is 0 Å². The van der Waals surface area contributed by atoms with Gasteiger partial charge < -0.3 is 21.7 Å². The first-order valence-electron chi connectivity index (χ1n) is 6.95. The molecule has 0 saturated carbocycles.